The molecule has 160 valence electrons. The van der Waals surface area contributed by atoms with Crippen molar-refractivity contribution in [2.45, 2.75) is 19.4 Å². The van der Waals surface area contributed by atoms with E-state index in [2.05, 4.69) is 30.5 Å². The van der Waals surface area contributed by atoms with E-state index in [1.165, 1.54) is 35.2 Å². The lowest BCUT2D eigenvalue weighted by Gasteiger charge is -2.20. The molecule has 0 aliphatic heterocycles. The van der Waals surface area contributed by atoms with Crippen LogP contribution < -0.4 is 22.3 Å². The number of hydrogen-bond donors (Lipinski definition) is 4. The first-order chi connectivity index (χ1) is 14.8. The average molecular weight is 448 g/mol. The van der Waals surface area contributed by atoms with Gasteiger partial charge < -0.3 is 16.8 Å². The van der Waals surface area contributed by atoms with Gasteiger partial charge in [0.05, 0.1) is 28.8 Å². The number of nitrogens with one attached hydrogen (secondary N) is 2. The quantitative estimate of drug-likeness (QED) is 0.364. The molecule has 0 radical (unpaired) electrons. The molecule has 0 unspecified atom stereocenters. The number of rotatable bonds is 5. The van der Waals surface area contributed by atoms with Gasteiger partial charge in [0.2, 0.25) is 5.95 Å². The Hall–Kier alpha value is -3.80. The van der Waals surface area contributed by atoms with Gasteiger partial charge in [0.15, 0.2) is 5.82 Å². The van der Waals surface area contributed by atoms with E-state index in [1.54, 1.807) is 6.92 Å². The third kappa shape index (κ3) is 3.61. The fraction of sp³-hybridized carbons (Fsp3) is 0.167. The van der Waals surface area contributed by atoms with Gasteiger partial charge in [0.25, 0.3) is 12.0 Å². The molecule has 0 saturated heterocycles. The predicted molar refractivity (Wildman–Crippen MR) is 112 cm³/mol. The lowest BCUT2D eigenvalue weighted by Crippen LogP contribution is -2.28. The van der Waals surface area contributed by atoms with Gasteiger partial charge in [0, 0.05) is 11.8 Å². The summed E-state index contributed by atoms with van der Waals surface area (Å²) >= 11 is 6.16. The van der Waals surface area contributed by atoms with Gasteiger partial charge >= 0.3 is 0 Å². The molecule has 0 amide bonds. The standard InChI is InChI=1S/C18H16ClF2N9O/c1-7(26-15-12(19)14(22)28-18(23)29-15)16-27-10-4-2-3-9(13(20)21)11(10)17(31)30(16)8-5-24-25-6-8/h2-7,13H,1H3,(H,24,25)(H5,22,23,26,28,29)/t7-/m0/s1. The molecule has 4 aromatic rings. The van der Waals surface area contributed by atoms with Crippen molar-refractivity contribution in [3.05, 3.63) is 57.4 Å². The minimum Gasteiger partial charge on any atom is -0.382 e. The third-order valence-electron chi connectivity index (χ3n) is 4.57. The topological polar surface area (TPSA) is 153 Å². The first-order valence-corrected chi connectivity index (χ1v) is 9.33. The summed E-state index contributed by atoms with van der Waals surface area (Å²) in [5, 5.41) is 9.30. The van der Waals surface area contributed by atoms with Crippen molar-refractivity contribution in [1.82, 2.24) is 29.7 Å². The monoisotopic (exact) mass is 447 g/mol. The van der Waals surface area contributed by atoms with Gasteiger partial charge in [0.1, 0.15) is 16.7 Å². The van der Waals surface area contributed by atoms with Crippen LogP contribution in [0.15, 0.2) is 35.4 Å². The molecular weight excluding hydrogens is 432 g/mol. The number of anilines is 3. The fourth-order valence-electron chi connectivity index (χ4n) is 3.21. The van der Waals surface area contributed by atoms with Crippen molar-refractivity contribution in [1.29, 1.82) is 0 Å². The molecule has 0 spiro atoms. The average Bonchev–Trinajstić information content (AvgIpc) is 3.25. The Morgan fingerprint density at radius 2 is 2.00 bits per heavy atom. The van der Waals surface area contributed by atoms with Crippen molar-refractivity contribution in [3.8, 4) is 5.69 Å². The SMILES string of the molecule is C[C@H](Nc1nc(N)nc(N)c1Cl)c1nc2cccc(C(F)F)c2c(=O)n1-c1cn[nH]c1. The van der Waals surface area contributed by atoms with Crippen molar-refractivity contribution < 1.29 is 8.78 Å². The maximum atomic E-state index is 13.6. The van der Waals surface area contributed by atoms with Crippen molar-refractivity contribution in [2.75, 3.05) is 16.8 Å². The second-order valence-electron chi connectivity index (χ2n) is 6.60. The maximum absolute atomic E-state index is 13.6. The van der Waals surface area contributed by atoms with Gasteiger partial charge in [-0.1, -0.05) is 23.7 Å². The molecule has 6 N–H and O–H groups in total. The number of nitrogens with two attached hydrogens (primary N) is 2. The fourth-order valence-corrected chi connectivity index (χ4v) is 3.35. The molecule has 4 rings (SSSR count). The molecule has 0 aliphatic carbocycles. The van der Waals surface area contributed by atoms with Crippen molar-refractivity contribution >= 4 is 40.1 Å². The Morgan fingerprint density at radius 1 is 1.23 bits per heavy atom. The van der Waals surface area contributed by atoms with E-state index in [1.807, 2.05) is 0 Å². The van der Waals surface area contributed by atoms with E-state index >= 15 is 0 Å². The van der Waals surface area contributed by atoms with E-state index in [0.29, 0.717) is 5.69 Å². The number of aromatic nitrogens is 6. The van der Waals surface area contributed by atoms with E-state index in [-0.39, 0.29) is 39.3 Å². The number of alkyl halides is 2. The van der Waals surface area contributed by atoms with Crippen LogP contribution in [0.2, 0.25) is 5.02 Å². The first kappa shape index (κ1) is 20.5. The van der Waals surface area contributed by atoms with Gasteiger partial charge in [-0.05, 0) is 13.0 Å². The number of benzene rings is 1. The molecule has 3 aromatic heterocycles. The minimum absolute atomic E-state index is 0.0239. The lowest BCUT2D eigenvalue weighted by atomic mass is 10.1. The Balaban J connectivity index is 1.93. The third-order valence-corrected chi connectivity index (χ3v) is 4.94. The number of fused-ring (bicyclic) bond motifs is 1. The smallest absolute Gasteiger partial charge is 0.266 e. The largest absolute Gasteiger partial charge is 0.382 e. The zero-order chi connectivity index (χ0) is 22.3. The van der Waals surface area contributed by atoms with Crippen molar-refractivity contribution in [2.24, 2.45) is 0 Å². The molecular formula is C18H16ClF2N9O. The van der Waals surface area contributed by atoms with Crippen molar-refractivity contribution in [3.63, 3.8) is 0 Å². The Labute approximate surface area is 178 Å². The minimum atomic E-state index is -2.84. The molecule has 1 atom stereocenters. The van der Waals surface area contributed by atoms with E-state index in [4.69, 9.17) is 23.1 Å². The van der Waals surface area contributed by atoms with Gasteiger partial charge in [-0.15, -0.1) is 0 Å². The lowest BCUT2D eigenvalue weighted by molar-refractivity contribution is 0.153. The zero-order valence-electron chi connectivity index (χ0n) is 16.0. The Morgan fingerprint density at radius 3 is 2.68 bits per heavy atom. The molecule has 31 heavy (non-hydrogen) atoms. The van der Waals surface area contributed by atoms with Crippen LogP contribution in [-0.4, -0.2) is 29.7 Å². The molecule has 3 heterocycles. The first-order valence-electron chi connectivity index (χ1n) is 8.95. The highest BCUT2D eigenvalue weighted by molar-refractivity contribution is 6.35. The van der Waals surface area contributed by atoms with Crippen LogP contribution in [-0.2, 0) is 0 Å². The van der Waals surface area contributed by atoms with Crippen LogP contribution in [0.1, 0.15) is 30.8 Å². The summed E-state index contributed by atoms with van der Waals surface area (Å²) in [4.78, 5) is 25.6. The molecule has 13 heteroatoms. The highest BCUT2D eigenvalue weighted by Gasteiger charge is 2.23. The molecule has 0 bridgehead atoms. The number of halogens is 3. The normalized spacial score (nSPS) is 12.4. The summed E-state index contributed by atoms with van der Waals surface area (Å²) in [5.74, 6) is 0.215. The number of aromatic amines is 1. The Bertz CT molecular complexity index is 1320. The highest BCUT2D eigenvalue weighted by atomic mass is 35.5. The number of hydrogen-bond acceptors (Lipinski definition) is 8. The number of H-pyrrole nitrogens is 1. The molecule has 0 aliphatic rings. The van der Waals surface area contributed by atoms with Crippen LogP contribution in [0.3, 0.4) is 0 Å². The van der Waals surface area contributed by atoms with E-state index in [0.717, 1.165) is 0 Å². The number of nitrogen functional groups attached to an aromatic ring is 2. The summed E-state index contributed by atoms with van der Waals surface area (Å²) in [6.45, 7) is 1.69. The second kappa shape index (κ2) is 7.80. The zero-order valence-corrected chi connectivity index (χ0v) is 16.7. The summed E-state index contributed by atoms with van der Waals surface area (Å²) < 4.78 is 28.3. The second-order valence-corrected chi connectivity index (χ2v) is 6.98. The van der Waals surface area contributed by atoms with Crippen LogP contribution in [0.25, 0.3) is 16.6 Å². The Kier molecular flexibility index (Phi) is 5.15. The summed E-state index contributed by atoms with van der Waals surface area (Å²) in [6.07, 6.45) is -0.0174. The highest BCUT2D eigenvalue weighted by Crippen LogP contribution is 2.30. The number of nitrogens with zero attached hydrogens (tertiary/aromatic N) is 5. The van der Waals surface area contributed by atoms with E-state index in [9.17, 15) is 13.6 Å². The van der Waals surface area contributed by atoms with Crippen LogP contribution in [0.5, 0.6) is 0 Å². The van der Waals surface area contributed by atoms with E-state index < -0.39 is 23.6 Å². The predicted octanol–water partition coefficient (Wildman–Crippen LogP) is 2.83. The van der Waals surface area contributed by atoms with Gasteiger partial charge in [-0.25, -0.2) is 13.8 Å². The molecule has 0 fully saturated rings. The van der Waals surface area contributed by atoms with Crippen LogP contribution in [0.4, 0.5) is 26.4 Å². The summed E-state index contributed by atoms with van der Waals surface area (Å²) in [5.41, 5.74) is 10.7. The molecule has 10 nitrogen and oxygen atoms in total. The van der Waals surface area contributed by atoms with Crippen LogP contribution in [0, 0.1) is 0 Å². The molecule has 0 saturated carbocycles. The summed E-state index contributed by atoms with van der Waals surface area (Å²) in [7, 11) is 0. The maximum Gasteiger partial charge on any atom is 0.266 e. The summed E-state index contributed by atoms with van der Waals surface area (Å²) in [6, 6.07) is 3.44. The van der Waals surface area contributed by atoms with Crippen LogP contribution >= 0.6 is 11.6 Å². The van der Waals surface area contributed by atoms with Gasteiger partial charge in [-0.2, -0.15) is 15.1 Å². The molecule has 1 aromatic carbocycles. The van der Waals surface area contributed by atoms with Gasteiger partial charge in [-0.3, -0.25) is 14.5 Å².